The van der Waals surface area contributed by atoms with Crippen LogP contribution in [0.2, 0.25) is 0 Å². The summed E-state index contributed by atoms with van der Waals surface area (Å²) in [5.41, 5.74) is 2.48. The number of nitrogens with one attached hydrogen (secondary N) is 1. The molecule has 2 heterocycles. The van der Waals surface area contributed by atoms with Crippen molar-refractivity contribution in [2.45, 2.75) is 32.7 Å². The molecule has 4 nitrogen and oxygen atoms in total. The van der Waals surface area contributed by atoms with Crippen LogP contribution in [0.5, 0.6) is 0 Å². The average Bonchev–Trinajstić information content (AvgIpc) is 3.15. The first-order chi connectivity index (χ1) is 13.5. The Labute approximate surface area is 166 Å². The van der Waals surface area contributed by atoms with E-state index < -0.39 is 5.63 Å². The lowest BCUT2D eigenvalue weighted by atomic mass is 10.1. The molecule has 0 aliphatic heterocycles. The zero-order valence-electron chi connectivity index (χ0n) is 15.8. The summed E-state index contributed by atoms with van der Waals surface area (Å²) in [4.78, 5) is 25.6. The molecule has 0 bridgehead atoms. The van der Waals surface area contributed by atoms with Crippen LogP contribution >= 0.6 is 11.3 Å². The fourth-order valence-electron chi connectivity index (χ4n) is 3.31. The molecular formula is C23H21NO3S. The first-order valence-electron chi connectivity index (χ1n) is 9.33. The summed E-state index contributed by atoms with van der Waals surface area (Å²) < 4.78 is 6.21. The molecule has 142 valence electrons. The predicted octanol–water partition coefficient (Wildman–Crippen LogP) is 5.07. The predicted molar refractivity (Wildman–Crippen MR) is 114 cm³/mol. The molecule has 4 rings (SSSR count). The maximum Gasteiger partial charge on any atom is 0.345 e. The molecular weight excluding hydrogens is 370 g/mol. The Hall–Kier alpha value is -2.92. The van der Waals surface area contributed by atoms with E-state index in [1.807, 2.05) is 44.2 Å². The molecule has 0 aliphatic carbocycles. The summed E-state index contributed by atoms with van der Waals surface area (Å²) in [6, 6.07) is 17.6. The van der Waals surface area contributed by atoms with Gasteiger partial charge in [0.25, 0.3) is 5.91 Å². The van der Waals surface area contributed by atoms with Gasteiger partial charge in [0, 0.05) is 11.4 Å². The number of amides is 1. The smallest absolute Gasteiger partial charge is 0.345 e. The van der Waals surface area contributed by atoms with Crippen molar-refractivity contribution in [1.82, 2.24) is 5.32 Å². The number of carbonyl (C=O) groups is 1. The highest BCUT2D eigenvalue weighted by Gasteiger charge is 2.17. The molecule has 0 aliphatic rings. The summed E-state index contributed by atoms with van der Waals surface area (Å²) >= 11 is 1.34. The molecule has 1 N–H and O–H groups in total. The van der Waals surface area contributed by atoms with Gasteiger partial charge in [0.1, 0.15) is 5.58 Å². The van der Waals surface area contributed by atoms with E-state index in [1.54, 1.807) is 12.1 Å². The summed E-state index contributed by atoms with van der Waals surface area (Å²) in [7, 11) is 0. The lowest BCUT2D eigenvalue weighted by molar-refractivity contribution is 0.0942. The van der Waals surface area contributed by atoms with Crippen LogP contribution in [0.1, 0.15) is 34.1 Å². The molecule has 2 aromatic heterocycles. The third kappa shape index (κ3) is 3.71. The van der Waals surface area contributed by atoms with Crippen molar-refractivity contribution in [3.8, 4) is 0 Å². The van der Waals surface area contributed by atoms with Crippen molar-refractivity contribution >= 4 is 38.3 Å². The zero-order chi connectivity index (χ0) is 19.7. The van der Waals surface area contributed by atoms with Gasteiger partial charge in [-0.3, -0.25) is 4.79 Å². The van der Waals surface area contributed by atoms with E-state index in [2.05, 4.69) is 17.4 Å². The van der Waals surface area contributed by atoms with Gasteiger partial charge < -0.3 is 9.73 Å². The van der Waals surface area contributed by atoms with Crippen LogP contribution in [0.4, 0.5) is 0 Å². The Bertz CT molecular complexity index is 1210. The van der Waals surface area contributed by atoms with E-state index in [1.165, 1.54) is 16.9 Å². The second-order valence-electron chi connectivity index (χ2n) is 7.14. The maximum atomic E-state index is 12.7. The number of carbonyl (C=O) groups excluding carboxylic acids is 1. The lowest BCUT2D eigenvalue weighted by Crippen LogP contribution is -2.32. The quantitative estimate of drug-likeness (QED) is 0.483. The second kappa shape index (κ2) is 7.60. The molecule has 2 aromatic carbocycles. The van der Waals surface area contributed by atoms with Gasteiger partial charge in [-0.1, -0.05) is 42.0 Å². The number of rotatable bonds is 5. The molecule has 5 heteroatoms. The highest BCUT2D eigenvalue weighted by Crippen LogP contribution is 2.31. The highest BCUT2D eigenvalue weighted by molar-refractivity contribution is 7.21. The molecule has 0 unspecified atom stereocenters. The monoisotopic (exact) mass is 391 g/mol. The minimum atomic E-state index is -0.404. The van der Waals surface area contributed by atoms with Crippen molar-refractivity contribution < 1.29 is 9.21 Å². The van der Waals surface area contributed by atoms with Crippen LogP contribution in [0, 0.1) is 6.92 Å². The molecule has 0 fully saturated rings. The molecule has 0 radical (unpaired) electrons. The number of thiophene rings is 1. The lowest BCUT2D eigenvalue weighted by Gasteiger charge is -2.13. The summed E-state index contributed by atoms with van der Waals surface area (Å²) in [5.74, 6) is -0.151. The molecule has 4 aromatic rings. The normalized spacial score (nSPS) is 12.4. The summed E-state index contributed by atoms with van der Waals surface area (Å²) in [6.45, 7) is 3.99. The first kappa shape index (κ1) is 18.4. The van der Waals surface area contributed by atoms with Crippen LogP contribution in [-0.2, 0) is 6.42 Å². The van der Waals surface area contributed by atoms with Gasteiger partial charge in [-0.05, 0) is 50.5 Å². The molecule has 1 atom stereocenters. The van der Waals surface area contributed by atoms with E-state index in [4.69, 9.17) is 4.42 Å². The van der Waals surface area contributed by atoms with E-state index in [0.717, 1.165) is 28.5 Å². The van der Waals surface area contributed by atoms with Gasteiger partial charge in [0.15, 0.2) is 0 Å². The Morgan fingerprint density at radius 2 is 1.89 bits per heavy atom. The van der Waals surface area contributed by atoms with E-state index in [9.17, 15) is 9.59 Å². The Morgan fingerprint density at radius 3 is 2.68 bits per heavy atom. The number of hydrogen-bond donors (Lipinski definition) is 1. The topological polar surface area (TPSA) is 59.3 Å². The van der Waals surface area contributed by atoms with Gasteiger partial charge in [-0.25, -0.2) is 4.79 Å². The minimum Gasteiger partial charge on any atom is -0.422 e. The van der Waals surface area contributed by atoms with Gasteiger partial charge in [0.2, 0.25) is 0 Å². The average molecular weight is 391 g/mol. The van der Waals surface area contributed by atoms with Crippen molar-refractivity contribution in [3.05, 3.63) is 81.0 Å². The third-order valence-corrected chi connectivity index (χ3v) is 6.01. The Morgan fingerprint density at radius 1 is 1.11 bits per heavy atom. The maximum absolute atomic E-state index is 12.7. The number of fused-ring (bicyclic) bond motifs is 3. The number of aryl methyl sites for hydroxylation is 2. The number of benzene rings is 2. The second-order valence-corrected chi connectivity index (χ2v) is 8.19. The van der Waals surface area contributed by atoms with Crippen molar-refractivity contribution in [1.29, 1.82) is 0 Å². The van der Waals surface area contributed by atoms with Crippen molar-refractivity contribution in [3.63, 3.8) is 0 Å². The van der Waals surface area contributed by atoms with E-state index >= 15 is 0 Å². The van der Waals surface area contributed by atoms with Crippen molar-refractivity contribution in [2.75, 3.05) is 0 Å². The van der Waals surface area contributed by atoms with Gasteiger partial charge in [-0.2, -0.15) is 0 Å². The van der Waals surface area contributed by atoms with Crippen LogP contribution in [0.25, 0.3) is 21.1 Å². The Kier molecular flexibility index (Phi) is 5.01. The van der Waals surface area contributed by atoms with E-state index in [-0.39, 0.29) is 11.9 Å². The fraction of sp³-hybridized carbons (Fsp3) is 0.217. The standard InChI is InChI=1S/C23H21NO3S/c1-14-8-11-19-17(12-14)21-18(23(26)27-19)13-20(28-21)22(25)24-15(2)9-10-16-6-4-3-5-7-16/h3-8,11-13,15H,9-10H2,1-2H3,(H,24,25)/t15-/m1/s1. The minimum absolute atomic E-state index is 0.0355. The fourth-order valence-corrected chi connectivity index (χ4v) is 4.38. The molecule has 28 heavy (non-hydrogen) atoms. The number of hydrogen-bond acceptors (Lipinski definition) is 4. The largest absolute Gasteiger partial charge is 0.422 e. The molecule has 0 saturated heterocycles. The van der Waals surface area contributed by atoms with E-state index in [0.29, 0.717) is 15.8 Å². The molecule has 0 spiro atoms. The molecule has 1 amide bonds. The Balaban J connectivity index is 1.56. The van der Waals surface area contributed by atoms with Crippen LogP contribution in [-0.4, -0.2) is 11.9 Å². The van der Waals surface area contributed by atoms with Gasteiger partial charge >= 0.3 is 5.63 Å². The first-order valence-corrected chi connectivity index (χ1v) is 10.1. The van der Waals surface area contributed by atoms with Crippen LogP contribution < -0.4 is 10.9 Å². The van der Waals surface area contributed by atoms with Gasteiger partial charge in [-0.15, -0.1) is 11.3 Å². The summed E-state index contributed by atoms with van der Waals surface area (Å²) in [5, 5.41) is 4.38. The third-order valence-electron chi connectivity index (χ3n) is 4.84. The molecule has 0 saturated carbocycles. The van der Waals surface area contributed by atoms with Crippen LogP contribution in [0.15, 0.2) is 63.8 Å². The zero-order valence-corrected chi connectivity index (χ0v) is 16.6. The SMILES string of the molecule is Cc1ccc2oc(=O)c3cc(C(=O)N[C@H](C)CCc4ccccc4)sc3c2c1. The van der Waals surface area contributed by atoms with Gasteiger partial charge in [0.05, 0.1) is 15.0 Å². The summed E-state index contributed by atoms with van der Waals surface area (Å²) in [6.07, 6.45) is 1.76. The highest BCUT2D eigenvalue weighted by atomic mass is 32.1. The van der Waals surface area contributed by atoms with Crippen LogP contribution in [0.3, 0.4) is 0 Å². The van der Waals surface area contributed by atoms with Crippen molar-refractivity contribution in [2.24, 2.45) is 0 Å².